The Morgan fingerprint density at radius 2 is 2.20 bits per heavy atom. The molecule has 0 aliphatic heterocycles. The predicted octanol–water partition coefficient (Wildman–Crippen LogP) is 2.28. The van der Waals surface area contributed by atoms with E-state index in [-0.39, 0.29) is 0 Å². The molecule has 54 valence electrons. The van der Waals surface area contributed by atoms with Crippen molar-refractivity contribution in [3.63, 3.8) is 0 Å². The van der Waals surface area contributed by atoms with Crippen molar-refractivity contribution in [2.45, 2.75) is 6.92 Å². The van der Waals surface area contributed by atoms with Crippen LogP contribution < -0.4 is 0 Å². The Morgan fingerprint density at radius 3 is 2.70 bits per heavy atom. The van der Waals surface area contributed by atoms with E-state index in [1.807, 2.05) is 12.2 Å². The maximum Gasteiger partial charge on any atom is 0.115 e. The first-order chi connectivity index (χ1) is 4.74. The van der Waals surface area contributed by atoms with Crippen LogP contribution in [0.25, 0.3) is 0 Å². The highest BCUT2D eigenvalue weighted by Crippen LogP contribution is 2.19. The van der Waals surface area contributed by atoms with E-state index in [1.165, 1.54) is 0 Å². The van der Waals surface area contributed by atoms with Crippen molar-refractivity contribution in [1.82, 2.24) is 0 Å². The van der Waals surface area contributed by atoms with Crippen LogP contribution in [0, 0.1) is 5.92 Å². The summed E-state index contributed by atoms with van der Waals surface area (Å²) in [5, 5.41) is 0. The zero-order valence-electron chi connectivity index (χ0n) is 6.42. The molecule has 1 aliphatic carbocycles. The molecular weight excluding hydrogens is 124 g/mol. The van der Waals surface area contributed by atoms with Gasteiger partial charge in [-0.1, -0.05) is 19.6 Å². The first-order valence-corrected chi connectivity index (χ1v) is 3.36. The minimum absolute atomic E-state index is 0.417. The Labute approximate surface area is 61.7 Å². The number of hydrogen-bond donors (Lipinski definition) is 0. The molecule has 0 aromatic carbocycles. The van der Waals surface area contributed by atoms with Crippen LogP contribution in [-0.4, -0.2) is 7.11 Å². The Bertz CT molecular complexity index is 199. The zero-order chi connectivity index (χ0) is 7.56. The lowest BCUT2D eigenvalue weighted by atomic mass is 9.97. The maximum absolute atomic E-state index is 5.04. The number of methoxy groups -OCH3 is 1. The Hall–Kier alpha value is -0.980. The minimum Gasteiger partial charge on any atom is -0.497 e. The van der Waals surface area contributed by atoms with Crippen LogP contribution in [0.4, 0.5) is 0 Å². The molecule has 1 nitrogen and oxygen atoms in total. The van der Waals surface area contributed by atoms with Crippen LogP contribution in [0.15, 0.2) is 36.1 Å². The lowest BCUT2D eigenvalue weighted by Gasteiger charge is -2.13. The zero-order valence-corrected chi connectivity index (χ0v) is 6.42. The van der Waals surface area contributed by atoms with Gasteiger partial charge in [0.15, 0.2) is 0 Å². The van der Waals surface area contributed by atoms with Crippen molar-refractivity contribution < 1.29 is 4.74 Å². The van der Waals surface area contributed by atoms with Crippen molar-refractivity contribution >= 4 is 0 Å². The molecule has 10 heavy (non-hydrogen) atoms. The molecule has 0 fully saturated rings. The van der Waals surface area contributed by atoms with Crippen molar-refractivity contribution in [3.8, 4) is 0 Å². The molecule has 0 aromatic heterocycles. The third kappa shape index (κ3) is 1.29. The predicted molar refractivity (Wildman–Crippen MR) is 42.5 cm³/mol. The van der Waals surface area contributed by atoms with Gasteiger partial charge in [-0.25, -0.2) is 0 Å². The molecule has 0 saturated carbocycles. The lowest BCUT2D eigenvalue weighted by Crippen LogP contribution is -1.99. The minimum atomic E-state index is 0.417. The number of rotatable bonds is 1. The van der Waals surface area contributed by atoms with E-state index in [4.69, 9.17) is 4.74 Å². The van der Waals surface area contributed by atoms with Crippen LogP contribution in [0.5, 0.6) is 0 Å². The fourth-order valence-electron chi connectivity index (χ4n) is 0.886. The van der Waals surface area contributed by atoms with Gasteiger partial charge in [-0.3, -0.25) is 0 Å². The van der Waals surface area contributed by atoms with Gasteiger partial charge in [-0.15, -0.1) is 0 Å². The summed E-state index contributed by atoms with van der Waals surface area (Å²) in [7, 11) is 1.68. The smallest absolute Gasteiger partial charge is 0.115 e. The van der Waals surface area contributed by atoms with E-state index < -0.39 is 0 Å². The molecule has 1 aliphatic rings. The summed E-state index contributed by atoms with van der Waals surface area (Å²) in [6.07, 6.45) is 5.98. The van der Waals surface area contributed by atoms with Crippen LogP contribution in [-0.2, 0) is 4.74 Å². The van der Waals surface area contributed by atoms with Gasteiger partial charge >= 0.3 is 0 Å². The summed E-state index contributed by atoms with van der Waals surface area (Å²) in [5.74, 6) is 1.35. The summed E-state index contributed by atoms with van der Waals surface area (Å²) < 4.78 is 5.04. The maximum atomic E-state index is 5.04. The third-order valence-electron chi connectivity index (χ3n) is 1.70. The SMILES string of the molecule is C=C1C=CC(OC)=CC1C. The number of hydrogen-bond acceptors (Lipinski definition) is 1. The molecule has 1 unspecified atom stereocenters. The highest BCUT2D eigenvalue weighted by atomic mass is 16.5. The van der Waals surface area contributed by atoms with E-state index in [2.05, 4.69) is 19.6 Å². The highest BCUT2D eigenvalue weighted by Gasteiger charge is 2.06. The first-order valence-electron chi connectivity index (χ1n) is 3.36. The fraction of sp³-hybridized carbons (Fsp3) is 0.333. The van der Waals surface area contributed by atoms with Gasteiger partial charge in [-0.05, 0) is 17.7 Å². The fourth-order valence-corrected chi connectivity index (χ4v) is 0.886. The molecule has 0 bridgehead atoms. The molecule has 0 saturated heterocycles. The second kappa shape index (κ2) is 2.74. The second-order valence-electron chi connectivity index (χ2n) is 2.47. The van der Waals surface area contributed by atoms with Gasteiger partial charge in [-0.2, -0.15) is 0 Å². The summed E-state index contributed by atoms with van der Waals surface area (Å²) in [6.45, 7) is 5.98. The molecule has 0 amide bonds. The van der Waals surface area contributed by atoms with Crippen LogP contribution in [0.2, 0.25) is 0 Å². The van der Waals surface area contributed by atoms with Crippen molar-refractivity contribution in [1.29, 1.82) is 0 Å². The number of ether oxygens (including phenoxy) is 1. The summed E-state index contributed by atoms with van der Waals surface area (Å²) in [6, 6.07) is 0. The van der Waals surface area contributed by atoms with E-state index in [0.717, 1.165) is 11.3 Å². The molecule has 1 heteroatoms. The lowest BCUT2D eigenvalue weighted by molar-refractivity contribution is 0.302. The van der Waals surface area contributed by atoms with Crippen LogP contribution >= 0.6 is 0 Å². The Morgan fingerprint density at radius 1 is 1.50 bits per heavy atom. The monoisotopic (exact) mass is 136 g/mol. The van der Waals surface area contributed by atoms with Gasteiger partial charge in [0.25, 0.3) is 0 Å². The number of allylic oxidation sites excluding steroid dienone is 4. The van der Waals surface area contributed by atoms with Crippen LogP contribution in [0.1, 0.15) is 6.92 Å². The van der Waals surface area contributed by atoms with E-state index in [1.54, 1.807) is 7.11 Å². The Balaban J connectivity index is 2.75. The van der Waals surface area contributed by atoms with Gasteiger partial charge in [0.05, 0.1) is 7.11 Å². The van der Waals surface area contributed by atoms with Crippen molar-refractivity contribution in [2.24, 2.45) is 5.92 Å². The normalized spacial score (nSPS) is 24.4. The van der Waals surface area contributed by atoms with Gasteiger partial charge < -0.3 is 4.74 Å². The molecule has 0 N–H and O–H groups in total. The highest BCUT2D eigenvalue weighted by molar-refractivity contribution is 5.33. The van der Waals surface area contributed by atoms with E-state index in [0.29, 0.717) is 5.92 Å². The molecule has 1 rings (SSSR count). The Kier molecular flexibility index (Phi) is 1.95. The molecule has 0 aromatic rings. The average molecular weight is 136 g/mol. The van der Waals surface area contributed by atoms with E-state index >= 15 is 0 Å². The molecule has 0 radical (unpaired) electrons. The molecule has 1 atom stereocenters. The summed E-state index contributed by atoms with van der Waals surface area (Å²) in [5.41, 5.74) is 1.14. The standard InChI is InChI=1S/C9H12O/c1-7-4-5-9(10-3)6-8(7)2/h4-6,8H,1H2,2-3H3. The molecular formula is C9H12O. The largest absolute Gasteiger partial charge is 0.497 e. The van der Waals surface area contributed by atoms with Gasteiger partial charge in [0, 0.05) is 5.92 Å². The van der Waals surface area contributed by atoms with Crippen molar-refractivity contribution in [2.75, 3.05) is 7.11 Å². The van der Waals surface area contributed by atoms with Gasteiger partial charge in [0.1, 0.15) is 5.76 Å². The average Bonchev–Trinajstić information content (AvgIpc) is 1.95. The second-order valence-corrected chi connectivity index (χ2v) is 2.47. The topological polar surface area (TPSA) is 9.23 Å². The molecule has 0 spiro atoms. The van der Waals surface area contributed by atoms with Crippen molar-refractivity contribution in [3.05, 3.63) is 36.1 Å². The third-order valence-corrected chi connectivity index (χ3v) is 1.70. The quantitative estimate of drug-likeness (QED) is 0.537. The summed E-state index contributed by atoms with van der Waals surface area (Å²) >= 11 is 0. The van der Waals surface area contributed by atoms with Gasteiger partial charge in [0.2, 0.25) is 0 Å². The summed E-state index contributed by atoms with van der Waals surface area (Å²) in [4.78, 5) is 0. The van der Waals surface area contributed by atoms with E-state index in [9.17, 15) is 0 Å². The molecule has 0 heterocycles. The van der Waals surface area contributed by atoms with Crippen LogP contribution in [0.3, 0.4) is 0 Å². The first kappa shape index (κ1) is 7.13.